The fourth-order valence-electron chi connectivity index (χ4n) is 2.01. The number of esters is 1. The lowest BCUT2D eigenvalue weighted by Gasteiger charge is -2.16. The Hall–Kier alpha value is -3.10. The molecule has 2 heterocycles. The van der Waals surface area contributed by atoms with Crippen LogP contribution in [0.2, 0.25) is 0 Å². The Balaban J connectivity index is 2.19. The highest BCUT2D eigenvalue weighted by molar-refractivity contribution is 5.97. The number of H-pyrrole nitrogens is 1. The molecule has 0 saturated heterocycles. The molecule has 0 aliphatic heterocycles. The molecule has 0 unspecified atom stereocenters. The summed E-state index contributed by atoms with van der Waals surface area (Å²) < 4.78 is 14.8. The molecule has 9 nitrogen and oxygen atoms in total. The molecule has 2 N–H and O–H groups in total. The number of aromatic nitrogens is 3. The summed E-state index contributed by atoms with van der Waals surface area (Å²) in [6.45, 7) is 0. The lowest BCUT2D eigenvalue weighted by molar-refractivity contribution is -0.142. The van der Waals surface area contributed by atoms with Crippen molar-refractivity contribution in [3.05, 3.63) is 35.9 Å². The van der Waals surface area contributed by atoms with Crippen molar-refractivity contribution < 1.29 is 23.8 Å². The SMILES string of the molecule is COC(=O)[C@@H](Cc1cnc[nH]1)NC(=O)c1cc(OC)nc(OC)c1. The van der Waals surface area contributed by atoms with Crippen LogP contribution in [0.5, 0.6) is 11.8 Å². The van der Waals surface area contributed by atoms with Crippen molar-refractivity contribution >= 4 is 11.9 Å². The quantitative estimate of drug-likeness (QED) is 0.701. The van der Waals surface area contributed by atoms with E-state index in [1.165, 1.54) is 39.8 Å². The van der Waals surface area contributed by atoms with E-state index in [9.17, 15) is 9.59 Å². The number of nitrogens with zero attached hydrogens (tertiary/aromatic N) is 2. The second-order valence-corrected chi connectivity index (χ2v) is 4.77. The van der Waals surface area contributed by atoms with Crippen LogP contribution in [-0.2, 0) is 16.0 Å². The lowest BCUT2D eigenvalue weighted by atomic mass is 10.1. The predicted molar refractivity (Wildman–Crippen MR) is 82.9 cm³/mol. The van der Waals surface area contributed by atoms with Gasteiger partial charge in [-0.15, -0.1) is 0 Å². The van der Waals surface area contributed by atoms with E-state index in [1.807, 2.05) is 0 Å². The molecule has 1 amide bonds. The van der Waals surface area contributed by atoms with Crippen molar-refractivity contribution in [3.63, 3.8) is 0 Å². The maximum Gasteiger partial charge on any atom is 0.328 e. The summed E-state index contributed by atoms with van der Waals surface area (Å²) in [7, 11) is 4.12. The number of amides is 1. The van der Waals surface area contributed by atoms with E-state index in [0.717, 1.165) is 0 Å². The molecule has 0 aromatic carbocycles. The Labute approximate surface area is 138 Å². The normalized spacial score (nSPS) is 11.5. The Morgan fingerprint density at radius 3 is 2.38 bits per heavy atom. The van der Waals surface area contributed by atoms with Gasteiger partial charge in [0.25, 0.3) is 5.91 Å². The van der Waals surface area contributed by atoms with E-state index in [1.54, 1.807) is 6.20 Å². The number of rotatable bonds is 7. The molecule has 0 aliphatic rings. The van der Waals surface area contributed by atoms with E-state index >= 15 is 0 Å². The molecule has 0 bridgehead atoms. The van der Waals surface area contributed by atoms with Crippen LogP contribution in [0.25, 0.3) is 0 Å². The number of pyridine rings is 1. The Kier molecular flexibility index (Phi) is 5.72. The molecule has 24 heavy (non-hydrogen) atoms. The predicted octanol–water partition coefficient (Wildman–Crippen LogP) is 0.336. The average Bonchev–Trinajstić information content (AvgIpc) is 3.12. The monoisotopic (exact) mass is 334 g/mol. The molecule has 2 rings (SSSR count). The summed E-state index contributed by atoms with van der Waals surface area (Å²) in [6.07, 6.45) is 3.28. The summed E-state index contributed by atoms with van der Waals surface area (Å²) >= 11 is 0. The number of aromatic amines is 1. The Morgan fingerprint density at radius 1 is 1.21 bits per heavy atom. The first-order valence-electron chi connectivity index (χ1n) is 7.03. The third-order valence-corrected chi connectivity index (χ3v) is 3.23. The van der Waals surface area contributed by atoms with Crippen LogP contribution in [-0.4, -0.2) is 54.2 Å². The minimum Gasteiger partial charge on any atom is -0.481 e. The van der Waals surface area contributed by atoms with Crippen LogP contribution in [0, 0.1) is 0 Å². The molecule has 0 radical (unpaired) electrons. The van der Waals surface area contributed by atoms with Gasteiger partial charge in [-0.3, -0.25) is 4.79 Å². The molecule has 0 spiro atoms. The van der Waals surface area contributed by atoms with Gasteiger partial charge in [0.05, 0.1) is 33.2 Å². The number of methoxy groups -OCH3 is 3. The summed E-state index contributed by atoms with van der Waals surface area (Å²) in [5.74, 6) is -0.597. The van der Waals surface area contributed by atoms with Crippen LogP contribution in [0.15, 0.2) is 24.7 Å². The number of hydrogen-bond acceptors (Lipinski definition) is 7. The zero-order chi connectivity index (χ0) is 17.5. The third-order valence-electron chi connectivity index (χ3n) is 3.23. The zero-order valence-electron chi connectivity index (χ0n) is 13.5. The second kappa shape index (κ2) is 7.95. The smallest absolute Gasteiger partial charge is 0.328 e. The first kappa shape index (κ1) is 17.3. The Bertz CT molecular complexity index is 680. The summed E-state index contributed by atoms with van der Waals surface area (Å²) in [6, 6.07) is 2.03. The van der Waals surface area contributed by atoms with Crippen molar-refractivity contribution in [2.24, 2.45) is 0 Å². The number of carbonyl (C=O) groups is 2. The molecule has 9 heteroatoms. The van der Waals surface area contributed by atoms with Gasteiger partial charge >= 0.3 is 5.97 Å². The van der Waals surface area contributed by atoms with E-state index in [4.69, 9.17) is 14.2 Å². The number of imidazole rings is 1. The molecule has 0 aliphatic carbocycles. The minimum absolute atomic E-state index is 0.220. The van der Waals surface area contributed by atoms with E-state index < -0.39 is 17.9 Å². The first-order valence-corrected chi connectivity index (χ1v) is 7.03. The van der Waals surface area contributed by atoms with E-state index in [0.29, 0.717) is 5.69 Å². The van der Waals surface area contributed by atoms with Gasteiger partial charge in [-0.05, 0) is 0 Å². The summed E-state index contributed by atoms with van der Waals surface area (Å²) in [4.78, 5) is 35.1. The van der Waals surface area contributed by atoms with Gasteiger partial charge in [0.2, 0.25) is 11.8 Å². The van der Waals surface area contributed by atoms with Crippen LogP contribution in [0.3, 0.4) is 0 Å². The van der Waals surface area contributed by atoms with Gasteiger partial charge < -0.3 is 24.5 Å². The van der Waals surface area contributed by atoms with Crippen LogP contribution >= 0.6 is 0 Å². The Morgan fingerprint density at radius 2 is 1.88 bits per heavy atom. The summed E-state index contributed by atoms with van der Waals surface area (Å²) in [5.41, 5.74) is 0.938. The maximum atomic E-state index is 12.5. The molecule has 2 aromatic rings. The molecule has 0 fully saturated rings. The van der Waals surface area contributed by atoms with Gasteiger partial charge in [-0.25, -0.2) is 9.78 Å². The standard InChI is InChI=1S/C15H18N4O5/c1-22-12-4-9(5-13(19-12)23-2)14(20)18-11(15(21)24-3)6-10-7-16-8-17-10/h4-5,7-8,11H,6H2,1-3H3,(H,16,17)(H,18,20)/t11-/m1/s1. The molecular weight excluding hydrogens is 316 g/mol. The second-order valence-electron chi connectivity index (χ2n) is 4.77. The number of carbonyl (C=O) groups excluding carboxylic acids is 2. The number of hydrogen-bond donors (Lipinski definition) is 2. The average molecular weight is 334 g/mol. The fourth-order valence-corrected chi connectivity index (χ4v) is 2.01. The molecular formula is C15H18N4O5. The first-order chi connectivity index (χ1) is 11.6. The van der Waals surface area contributed by atoms with Gasteiger partial charge in [-0.2, -0.15) is 4.98 Å². The van der Waals surface area contributed by atoms with Crippen molar-refractivity contribution in [3.8, 4) is 11.8 Å². The molecule has 128 valence electrons. The van der Waals surface area contributed by atoms with Crippen molar-refractivity contribution in [1.82, 2.24) is 20.3 Å². The van der Waals surface area contributed by atoms with Gasteiger partial charge in [0, 0.05) is 30.4 Å². The van der Waals surface area contributed by atoms with Crippen molar-refractivity contribution in [2.75, 3.05) is 21.3 Å². The van der Waals surface area contributed by atoms with Crippen molar-refractivity contribution in [1.29, 1.82) is 0 Å². The number of ether oxygens (including phenoxy) is 3. The topological polar surface area (TPSA) is 115 Å². The highest BCUT2D eigenvalue weighted by Gasteiger charge is 2.24. The lowest BCUT2D eigenvalue weighted by Crippen LogP contribution is -2.43. The third kappa shape index (κ3) is 4.22. The highest BCUT2D eigenvalue weighted by Crippen LogP contribution is 2.17. The summed E-state index contributed by atoms with van der Waals surface area (Å²) in [5, 5.41) is 2.62. The largest absolute Gasteiger partial charge is 0.481 e. The molecule has 0 saturated carbocycles. The van der Waals surface area contributed by atoms with Gasteiger partial charge in [0.15, 0.2) is 0 Å². The van der Waals surface area contributed by atoms with Crippen LogP contribution in [0.4, 0.5) is 0 Å². The highest BCUT2D eigenvalue weighted by atomic mass is 16.5. The van der Waals surface area contributed by atoms with Gasteiger partial charge in [0.1, 0.15) is 6.04 Å². The van der Waals surface area contributed by atoms with Crippen molar-refractivity contribution in [2.45, 2.75) is 12.5 Å². The molecule has 1 atom stereocenters. The maximum absolute atomic E-state index is 12.5. The minimum atomic E-state index is -0.867. The van der Waals surface area contributed by atoms with Crippen LogP contribution < -0.4 is 14.8 Å². The van der Waals surface area contributed by atoms with Gasteiger partial charge in [-0.1, -0.05) is 0 Å². The number of nitrogens with one attached hydrogen (secondary N) is 2. The zero-order valence-corrected chi connectivity index (χ0v) is 13.5. The van der Waals surface area contributed by atoms with E-state index in [2.05, 4.69) is 20.3 Å². The fraction of sp³-hybridized carbons (Fsp3) is 0.333. The van der Waals surface area contributed by atoms with Crippen LogP contribution in [0.1, 0.15) is 16.1 Å². The molecule has 2 aromatic heterocycles. The van der Waals surface area contributed by atoms with E-state index in [-0.39, 0.29) is 23.7 Å².